The highest BCUT2D eigenvalue weighted by Crippen LogP contribution is 2.47. The number of carbonyl (C=O) groups is 3. The maximum absolute atomic E-state index is 13.8. The van der Waals surface area contributed by atoms with Crippen molar-refractivity contribution < 1.29 is 70.8 Å². The smallest absolute Gasteiger partial charge is 0.278 e. The second-order valence-electron chi connectivity index (χ2n) is 33.4. The summed E-state index contributed by atoms with van der Waals surface area (Å²) >= 11 is 0. The van der Waals surface area contributed by atoms with Gasteiger partial charge in [-0.15, -0.1) is 15.3 Å². The average molecular weight is 1940 g/mol. The van der Waals surface area contributed by atoms with Gasteiger partial charge in [0.25, 0.3) is 34.4 Å². The van der Waals surface area contributed by atoms with Gasteiger partial charge in [0.1, 0.15) is 73.8 Å². The Morgan fingerprint density at radius 3 is 0.978 bits per heavy atom. The maximum Gasteiger partial charge on any atom is 0.278 e. The number of methoxy groups -OCH3 is 1. The number of benzene rings is 12. The van der Waals surface area contributed by atoms with Crippen LogP contribution in [0.15, 0.2) is 258 Å². The summed E-state index contributed by atoms with van der Waals surface area (Å²) in [4.78, 5) is 81.0. The van der Waals surface area contributed by atoms with E-state index in [-0.39, 0.29) is 102 Å². The number of rotatable bonds is 22. The van der Waals surface area contributed by atoms with Crippen molar-refractivity contribution in [3.63, 3.8) is 0 Å². The highest BCUT2D eigenvalue weighted by molar-refractivity contribution is 7.92. The zero-order valence-electron chi connectivity index (χ0n) is 77.6. The molecule has 12 aromatic carbocycles. The van der Waals surface area contributed by atoms with Crippen LogP contribution in [-0.4, -0.2) is 156 Å². The molecule has 6 aromatic heterocycles. The van der Waals surface area contributed by atoms with Gasteiger partial charge in [0.05, 0.1) is 94.4 Å². The number of amides is 3. The first-order valence-electron chi connectivity index (χ1n) is 43.1. The van der Waals surface area contributed by atoms with Crippen LogP contribution in [-0.2, 0) is 36.6 Å². The predicted octanol–water partition coefficient (Wildman–Crippen LogP) is 16.5. The summed E-state index contributed by atoms with van der Waals surface area (Å²) < 4.78 is 149. The standard InChI is InChI=1S/C34H30FN5O6S.2C34H30FN5O5S/c1-19-6-7-22(29(14-19)45-4)18-40-34(42)25-15-21(10-13-27(25)37-38-40)24-16-26-30(17-28(24)39(3)47(5,43)44)46-32(31(26)33(41)36-2)20-8-11-23(35)12-9-20;2*1-19-6-8-21(9-7-19)20(2)40-34(42)26-16-23(12-15-28(26)37-38-40)25-17-27-30(18-29(25)39(4)46(5,43)44)45-32(31(27)33(41)36-3)22-10-13-24(35)14-11-22/h6-17H,18H2,1-5H3,(H,36,41);2*6-18,20H,1-5H3,(H,36,41)/t;2*20-/m.10/s1. The molecule has 0 aliphatic carbocycles. The third-order valence-electron chi connectivity index (χ3n) is 24.2. The number of anilines is 3. The number of carbonyl (C=O) groups excluding carboxylic acids is 3. The molecule has 0 radical (unpaired) electrons. The van der Waals surface area contributed by atoms with Crippen LogP contribution in [0.4, 0.5) is 30.2 Å². The number of hydrogen-bond acceptors (Lipinski definition) is 22. The molecule has 0 saturated heterocycles. The second kappa shape index (κ2) is 38.1. The van der Waals surface area contributed by atoms with Gasteiger partial charge in [0.2, 0.25) is 30.1 Å². The highest BCUT2D eigenvalue weighted by atomic mass is 32.2. The first-order valence-corrected chi connectivity index (χ1v) is 48.7. The van der Waals surface area contributed by atoms with E-state index in [0.717, 1.165) is 65.1 Å². The Labute approximate surface area is 793 Å². The van der Waals surface area contributed by atoms with Gasteiger partial charge in [-0.05, 0) is 201 Å². The summed E-state index contributed by atoms with van der Waals surface area (Å²) in [5.41, 5.74) is 11.8. The molecule has 3 amide bonds. The fourth-order valence-corrected chi connectivity index (χ4v) is 17.8. The number of fused-ring (bicyclic) bond motifs is 6. The third-order valence-corrected chi connectivity index (χ3v) is 27.8. The Kier molecular flexibility index (Phi) is 26.3. The number of ether oxygens (including phenoxy) is 1. The minimum atomic E-state index is -3.77. The van der Waals surface area contributed by atoms with Gasteiger partial charge in [-0.3, -0.25) is 41.7 Å². The molecule has 0 aliphatic heterocycles. The molecule has 139 heavy (non-hydrogen) atoms. The molecule has 18 aromatic rings. The maximum atomic E-state index is 13.8. The molecule has 3 N–H and O–H groups in total. The normalized spacial score (nSPS) is 12.1. The van der Waals surface area contributed by atoms with E-state index >= 15 is 0 Å². The van der Waals surface area contributed by atoms with E-state index in [0.29, 0.717) is 88.5 Å². The van der Waals surface area contributed by atoms with Crippen LogP contribution in [0.3, 0.4) is 0 Å². The van der Waals surface area contributed by atoms with E-state index in [1.807, 2.05) is 101 Å². The van der Waals surface area contributed by atoms with Gasteiger partial charge < -0.3 is 33.9 Å². The summed E-state index contributed by atoms with van der Waals surface area (Å²) in [5, 5.41) is 35.2. The fraction of sp³-hybridized carbons (Fsp3) is 0.176. The number of halogens is 3. The molecular weight excluding hydrogens is 1840 g/mol. The predicted molar refractivity (Wildman–Crippen MR) is 530 cm³/mol. The number of aryl methyl sites for hydroxylation is 3. The number of aromatic nitrogens is 9. The van der Waals surface area contributed by atoms with E-state index < -0.39 is 82.9 Å². The lowest BCUT2D eigenvalue weighted by Crippen LogP contribution is -2.28. The van der Waals surface area contributed by atoms with E-state index in [9.17, 15) is 67.2 Å². The van der Waals surface area contributed by atoms with Crippen molar-refractivity contribution in [2.24, 2.45) is 0 Å². The summed E-state index contributed by atoms with van der Waals surface area (Å²) in [6.07, 6.45) is 3.21. The van der Waals surface area contributed by atoms with Crippen LogP contribution in [0.2, 0.25) is 0 Å². The minimum absolute atomic E-state index is 0.111. The van der Waals surface area contributed by atoms with Crippen molar-refractivity contribution in [1.29, 1.82) is 0 Å². The molecule has 0 spiro atoms. The van der Waals surface area contributed by atoms with Gasteiger partial charge in [-0.25, -0.2) is 52.5 Å². The monoisotopic (exact) mass is 1930 g/mol. The van der Waals surface area contributed by atoms with Crippen LogP contribution in [0, 0.1) is 38.2 Å². The van der Waals surface area contributed by atoms with Gasteiger partial charge in [0, 0.05) is 116 Å². The largest absolute Gasteiger partial charge is 0.496 e. The zero-order valence-corrected chi connectivity index (χ0v) is 80.0. The molecule has 18 rings (SSSR count). The van der Waals surface area contributed by atoms with Crippen LogP contribution in [0.5, 0.6) is 5.75 Å². The number of nitrogens with one attached hydrogen (secondary N) is 3. The van der Waals surface area contributed by atoms with Gasteiger partial charge in [-0.2, -0.15) is 0 Å². The topological polar surface area (TPSA) is 391 Å². The summed E-state index contributed by atoms with van der Waals surface area (Å²) in [7, 11) is -1.07. The van der Waals surface area contributed by atoms with E-state index in [1.54, 1.807) is 79.9 Å². The SMILES string of the molecule is CNC(=O)c1c(-c2ccc(F)cc2)oc2cc(N(C)S(C)(=O)=O)c(-c3ccc4nnn(Cc5ccc(C)cc5OC)c(=O)c4c3)cc12.CNC(=O)c1c(-c2ccc(F)cc2)oc2cc(N(C)S(C)(=O)=O)c(-c3ccc4nnn([C@@H](C)c5ccc(C)cc5)c(=O)c4c3)cc12.CNC(=O)c1c(-c2ccc(F)cc2)oc2cc(N(C)S(C)(=O)=O)c(-c3ccc4nnn([C@H](C)c5ccc(C)cc5)c(=O)c4c3)cc12. The van der Waals surface area contributed by atoms with Crippen molar-refractivity contribution in [3.05, 3.63) is 329 Å². The molecule has 2 atom stereocenters. The van der Waals surface area contributed by atoms with Gasteiger partial charge in [-0.1, -0.05) is 106 Å². The Morgan fingerprint density at radius 1 is 0.381 bits per heavy atom. The lowest BCUT2D eigenvalue weighted by atomic mass is 9.97. The van der Waals surface area contributed by atoms with Crippen LogP contribution < -0.4 is 50.3 Å². The zero-order chi connectivity index (χ0) is 99.4. The lowest BCUT2D eigenvalue weighted by Gasteiger charge is -2.21. The van der Waals surface area contributed by atoms with Crippen molar-refractivity contribution in [2.45, 2.75) is 53.2 Å². The summed E-state index contributed by atoms with van der Waals surface area (Å²) in [6.45, 7) is 9.74. The highest BCUT2D eigenvalue weighted by Gasteiger charge is 2.32. The molecule has 6 heterocycles. The Hall–Kier alpha value is -16.3. The van der Waals surface area contributed by atoms with Gasteiger partial charge in [0.15, 0.2) is 0 Å². The molecule has 0 unspecified atom stereocenters. The first kappa shape index (κ1) is 95.9. The molecule has 0 aliphatic rings. The summed E-state index contributed by atoms with van der Waals surface area (Å²) in [6, 6.07) is 61.5. The number of furan rings is 3. The number of sulfonamides is 3. The second-order valence-corrected chi connectivity index (χ2v) is 39.4. The van der Waals surface area contributed by atoms with Crippen LogP contribution in [0.1, 0.15) is 90.4 Å². The van der Waals surface area contributed by atoms with Crippen LogP contribution >= 0.6 is 0 Å². The Balaban J connectivity index is 0.000000151. The van der Waals surface area contributed by atoms with Crippen molar-refractivity contribution in [1.82, 2.24) is 60.9 Å². The third kappa shape index (κ3) is 19.0. The minimum Gasteiger partial charge on any atom is -0.496 e. The Bertz CT molecular complexity index is 8240. The van der Waals surface area contributed by atoms with Gasteiger partial charge >= 0.3 is 0 Å². The molecule has 37 heteroatoms. The molecule has 0 saturated carbocycles. The molecule has 31 nitrogen and oxygen atoms in total. The molecular formula is C102H90F3N15O16S3. The number of hydrogen-bond donors (Lipinski definition) is 3. The fourth-order valence-electron chi connectivity index (χ4n) is 16.3. The quantitative estimate of drug-likeness (QED) is 0.0567. The molecule has 0 fully saturated rings. The van der Waals surface area contributed by atoms with Crippen molar-refractivity contribution in [3.8, 4) is 73.1 Å². The lowest BCUT2D eigenvalue weighted by molar-refractivity contribution is 0.0956. The molecule has 0 bridgehead atoms. The summed E-state index contributed by atoms with van der Waals surface area (Å²) in [5.74, 6) is -1.52. The van der Waals surface area contributed by atoms with Crippen molar-refractivity contribution in [2.75, 3.05) is 81.1 Å². The van der Waals surface area contributed by atoms with E-state index in [2.05, 4.69) is 46.9 Å². The van der Waals surface area contributed by atoms with Crippen molar-refractivity contribution >= 4 is 130 Å². The average Bonchev–Trinajstić information content (AvgIpc) is 1.62. The molecule has 708 valence electrons. The number of nitrogens with zero attached hydrogens (tertiary/aromatic N) is 12. The van der Waals surface area contributed by atoms with E-state index in [4.69, 9.17) is 18.0 Å². The van der Waals surface area contributed by atoms with E-state index in [1.165, 1.54) is 147 Å². The first-order chi connectivity index (χ1) is 66.1. The Morgan fingerprint density at radius 2 is 0.676 bits per heavy atom. The van der Waals surface area contributed by atoms with Crippen LogP contribution in [0.25, 0.3) is 133 Å².